The lowest BCUT2D eigenvalue weighted by molar-refractivity contribution is -0.137. The fraction of sp³-hybridized carbons (Fsp3) is 0.0625. The summed E-state index contributed by atoms with van der Waals surface area (Å²) < 4.78 is 63.6. The third-order valence-corrected chi connectivity index (χ3v) is 5.22. The number of hydrogen-bond acceptors (Lipinski definition) is 4. The Morgan fingerprint density at radius 2 is 1.67 bits per heavy atom. The number of hydrogen-bond donors (Lipinski definition) is 1. The maximum Gasteiger partial charge on any atom is 0.416 e. The molecule has 0 saturated carbocycles. The highest BCUT2D eigenvalue weighted by molar-refractivity contribution is 7.91. The second-order valence-electron chi connectivity index (χ2n) is 5.12. The monoisotopic (exact) mass is 352 g/mol. The molecule has 0 radical (unpaired) electrons. The van der Waals surface area contributed by atoms with Crippen molar-refractivity contribution in [3.8, 4) is 0 Å². The van der Waals surface area contributed by atoms with Gasteiger partial charge in [-0.1, -0.05) is 18.2 Å². The first-order valence-corrected chi connectivity index (χ1v) is 8.24. The maximum atomic E-state index is 12.8. The number of nitrogens with zero attached hydrogens (tertiary/aromatic N) is 1. The molecule has 124 valence electrons. The van der Waals surface area contributed by atoms with Crippen LogP contribution in [0.2, 0.25) is 0 Å². The minimum absolute atomic E-state index is 0.195. The summed E-state index contributed by atoms with van der Waals surface area (Å²) in [5.74, 6) is 0. The van der Waals surface area contributed by atoms with Crippen LogP contribution >= 0.6 is 0 Å². The number of benzene rings is 2. The van der Waals surface area contributed by atoms with Crippen LogP contribution in [0.25, 0.3) is 10.9 Å². The molecule has 0 saturated heterocycles. The van der Waals surface area contributed by atoms with Gasteiger partial charge in [-0.15, -0.1) is 0 Å². The highest BCUT2D eigenvalue weighted by atomic mass is 32.2. The van der Waals surface area contributed by atoms with E-state index in [0.717, 1.165) is 24.4 Å². The zero-order valence-electron chi connectivity index (χ0n) is 12.1. The number of halogens is 3. The molecule has 4 nitrogen and oxygen atoms in total. The van der Waals surface area contributed by atoms with Crippen molar-refractivity contribution in [2.75, 3.05) is 5.73 Å². The normalized spacial score (nSPS) is 12.5. The van der Waals surface area contributed by atoms with Gasteiger partial charge in [0, 0.05) is 11.6 Å². The van der Waals surface area contributed by atoms with E-state index in [0.29, 0.717) is 22.7 Å². The second kappa shape index (κ2) is 5.48. The van der Waals surface area contributed by atoms with Gasteiger partial charge in [0.1, 0.15) is 0 Å². The molecule has 0 aliphatic rings. The number of alkyl halides is 3. The van der Waals surface area contributed by atoms with Gasteiger partial charge in [-0.05, 0) is 30.3 Å². The third-order valence-electron chi connectivity index (χ3n) is 3.50. The van der Waals surface area contributed by atoms with E-state index in [1.165, 1.54) is 6.07 Å². The SMILES string of the molecule is Nc1cccc2cc(S(=O)(=O)c3cccc(C(F)(F)F)c3)cnc12. The number of aromatic nitrogens is 1. The number of rotatable bonds is 2. The molecule has 8 heteroatoms. The van der Waals surface area contributed by atoms with Gasteiger partial charge in [-0.2, -0.15) is 13.2 Å². The van der Waals surface area contributed by atoms with Gasteiger partial charge in [-0.3, -0.25) is 4.98 Å². The zero-order valence-corrected chi connectivity index (χ0v) is 12.9. The minimum Gasteiger partial charge on any atom is -0.397 e. The van der Waals surface area contributed by atoms with Crippen molar-refractivity contribution in [1.29, 1.82) is 0 Å². The van der Waals surface area contributed by atoms with Crippen molar-refractivity contribution in [3.63, 3.8) is 0 Å². The van der Waals surface area contributed by atoms with Crippen LogP contribution < -0.4 is 5.73 Å². The van der Waals surface area contributed by atoms with E-state index in [2.05, 4.69) is 4.98 Å². The quantitative estimate of drug-likeness (QED) is 0.714. The van der Waals surface area contributed by atoms with Crippen molar-refractivity contribution in [2.24, 2.45) is 0 Å². The largest absolute Gasteiger partial charge is 0.416 e. The van der Waals surface area contributed by atoms with Crippen LogP contribution in [0.15, 0.2) is 64.5 Å². The van der Waals surface area contributed by atoms with Gasteiger partial charge in [0.25, 0.3) is 0 Å². The summed E-state index contributed by atoms with van der Waals surface area (Å²) in [4.78, 5) is 3.38. The van der Waals surface area contributed by atoms with E-state index in [-0.39, 0.29) is 4.90 Å². The molecular formula is C16H11F3N2O2S. The van der Waals surface area contributed by atoms with Crippen molar-refractivity contribution in [1.82, 2.24) is 4.98 Å². The molecule has 2 N–H and O–H groups in total. The number of sulfone groups is 1. The summed E-state index contributed by atoms with van der Waals surface area (Å²) >= 11 is 0. The van der Waals surface area contributed by atoms with Gasteiger partial charge < -0.3 is 5.73 Å². The number of pyridine rings is 1. The van der Waals surface area contributed by atoms with Gasteiger partial charge in [0.2, 0.25) is 9.84 Å². The molecule has 1 heterocycles. The van der Waals surface area contributed by atoms with Gasteiger partial charge in [0.05, 0.1) is 26.6 Å². The van der Waals surface area contributed by atoms with Crippen LogP contribution in [0.5, 0.6) is 0 Å². The van der Waals surface area contributed by atoms with Crippen molar-refractivity contribution in [2.45, 2.75) is 16.0 Å². The van der Waals surface area contributed by atoms with Gasteiger partial charge >= 0.3 is 6.18 Å². The highest BCUT2D eigenvalue weighted by Crippen LogP contribution is 2.32. The molecule has 0 aliphatic carbocycles. The number of anilines is 1. The Balaban J connectivity index is 2.15. The second-order valence-corrected chi connectivity index (χ2v) is 7.07. The number of nitrogens with two attached hydrogens (primary N) is 1. The molecule has 0 fully saturated rings. The van der Waals surface area contributed by atoms with E-state index in [9.17, 15) is 21.6 Å². The zero-order chi connectivity index (χ0) is 17.5. The fourth-order valence-electron chi connectivity index (χ4n) is 2.29. The van der Waals surface area contributed by atoms with Crippen LogP contribution in [-0.4, -0.2) is 13.4 Å². The lowest BCUT2D eigenvalue weighted by atomic mass is 10.2. The molecule has 0 bridgehead atoms. The van der Waals surface area contributed by atoms with E-state index in [4.69, 9.17) is 5.73 Å². The standard InChI is InChI=1S/C16H11F3N2O2S/c17-16(18,19)11-4-2-5-12(8-11)24(22,23)13-7-10-3-1-6-14(20)15(10)21-9-13/h1-9H,20H2. The van der Waals surface area contributed by atoms with E-state index < -0.39 is 26.5 Å². The van der Waals surface area contributed by atoms with E-state index >= 15 is 0 Å². The predicted octanol–water partition coefficient (Wildman–Crippen LogP) is 3.67. The number of para-hydroxylation sites is 1. The summed E-state index contributed by atoms with van der Waals surface area (Å²) in [5, 5.41) is 0.489. The van der Waals surface area contributed by atoms with E-state index in [1.807, 2.05) is 0 Å². The molecule has 0 atom stereocenters. The number of nitrogen functional groups attached to an aromatic ring is 1. The summed E-state index contributed by atoms with van der Waals surface area (Å²) in [6.45, 7) is 0. The van der Waals surface area contributed by atoms with Crippen LogP contribution in [0, 0.1) is 0 Å². The average Bonchev–Trinajstić information content (AvgIpc) is 2.54. The average molecular weight is 352 g/mol. The Morgan fingerprint density at radius 3 is 2.38 bits per heavy atom. The van der Waals surface area contributed by atoms with Gasteiger partial charge in [-0.25, -0.2) is 8.42 Å². The minimum atomic E-state index is -4.62. The highest BCUT2D eigenvalue weighted by Gasteiger charge is 2.32. The van der Waals surface area contributed by atoms with Crippen LogP contribution in [0.3, 0.4) is 0 Å². The summed E-state index contributed by atoms with van der Waals surface area (Å²) in [6, 6.07) is 9.84. The molecule has 24 heavy (non-hydrogen) atoms. The van der Waals surface area contributed by atoms with Crippen LogP contribution in [-0.2, 0) is 16.0 Å². The lowest BCUT2D eigenvalue weighted by Crippen LogP contribution is -2.08. The predicted molar refractivity (Wildman–Crippen MR) is 83.1 cm³/mol. The first-order valence-electron chi connectivity index (χ1n) is 6.76. The molecule has 3 aromatic rings. The third kappa shape index (κ3) is 2.80. The number of fused-ring (bicyclic) bond motifs is 1. The smallest absolute Gasteiger partial charge is 0.397 e. The molecule has 0 amide bonds. The molecule has 0 unspecified atom stereocenters. The Labute approximate surface area is 135 Å². The Bertz CT molecular complexity index is 1030. The van der Waals surface area contributed by atoms with Crippen LogP contribution in [0.4, 0.5) is 18.9 Å². The van der Waals surface area contributed by atoms with E-state index in [1.54, 1.807) is 18.2 Å². The molecule has 0 spiro atoms. The maximum absolute atomic E-state index is 12.8. The summed E-state index contributed by atoms with van der Waals surface area (Å²) in [7, 11) is -4.13. The van der Waals surface area contributed by atoms with Gasteiger partial charge in [0.15, 0.2) is 0 Å². The lowest BCUT2D eigenvalue weighted by Gasteiger charge is -2.10. The van der Waals surface area contributed by atoms with Crippen molar-refractivity contribution >= 4 is 26.4 Å². The molecule has 3 rings (SSSR count). The fourth-order valence-corrected chi connectivity index (χ4v) is 3.57. The molecule has 2 aromatic carbocycles. The molecule has 0 aliphatic heterocycles. The molecule has 1 aromatic heterocycles. The summed E-state index contributed by atoms with van der Waals surface area (Å²) in [5.41, 5.74) is 5.55. The Kier molecular flexibility index (Phi) is 3.71. The first-order chi connectivity index (χ1) is 11.2. The van der Waals surface area contributed by atoms with Crippen molar-refractivity contribution in [3.05, 3.63) is 60.3 Å². The first kappa shape index (κ1) is 16.3. The topological polar surface area (TPSA) is 73.1 Å². The molecular weight excluding hydrogens is 341 g/mol. The van der Waals surface area contributed by atoms with Crippen LogP contribution in [0.1, 0.15) is 5.56 Å². The Morgan fingerprint density at radius 1 is 0.958 bits per heavy atom. The van der Waals surface area contributed by atoms with Crippen molar-refractivity contribution < 1.29 is 21.6 Å². The Hall–Kier alpha value is -2.61. The summed E-state index contributed by atoms with van der Waals surface area (Å²) in [6.07, 6.45) is -3.53.